The van der Waals surface area contributed by atoms with Crippen LogP contribution in [0.1, 0.15) is 29.6 Å². The van der Waals surface area contributed by atoms with E-state index in [9.17, 15) is 14.0 Å². The third-order valence-electron chi connectivity index (χ3n) is 3.61. The number of nitrogens with two attached hydrogens (primary N) is 2. The highest BCUT2D eigenvalue weighted by molar-refractivity contribution is 5.95. The average molecular weight is 279 g/mol. The lowest BCUT2D eigenvalue weighted by Crippen LogP contribution is -2.39. The largest absolute Gasteiger partial charge is 0.399 e. The Balaban J connectivity index is 2.01. The van der Waals surface area contributed by atoms with Gasteiger partial charge in [0.15, 0.2) is 0 Å². The molecule has 0 aliphatic carbocycles. The summed E-state index contributed by atoms with van der Waals surface area (Å²) in [5, 5.41) is 0. The fourth-order valence-corrected chi connectivity index (χ4v) is 2.50. The topological polar surface area (TPSA) is 89.4 Å². The molecule has 1 saturated heterocycles. The molecule has 1 aromatic rings. The Hall–Kier alpha value is -2.11. The van der Waals surface area contributed by atoms with Gasteiger partial charge in [0.1, 0.15) is 5.82 Å². The summed E-state index contributed by atoms with van der Waals surface area (Å²) < 4.78 is 13.7. The van der Waals surface area contributed by atoms with Crippen LogP contribution in [0.5, 0.6) is 0 Å². The van der Waals surface area contributed by atoms with Gasteiger partial charge in [0.25, 0.3) is 5.91 Å². The van der Waals surface area contributed by atoms with Crippen LogP contribution in [0.2, 0.25) is 0 Å². The van der Waals surface area contributed by atoms with Gasteiger partial charge in [-0.2, -0.15) is 0 Å². The van der Waals surface area contributed by atoms with Crippen LogP contribution in [0, 0.1) is 11.7 Å². The molecule has 20 heavy (non-hydrogen) atoms. The second-order valence-electron chi connectivity index (χ2n) is 5.15. The molecule has 1 aromatic carbocycles. The second kappa shape index (κ2) is 5.90. The second-order valence-corrected chi connectivity index (χ2v) is 5.15. The monoisotopic (exact) mass is 279 g/mol. The number of halogens is 1. The molecule has 0 saturated carbocycles. The van der Waals surface area contributed by atoms with Gasteiger partial charge in [0, 0.05) is 25.2 Å². The zero-order valence-corrected chi connectivity index (χ0v) is 11.1. The fourth-order valence-electron chi connectivity index (χ4n) is 2.50. The van der Waals surface area contributed by atoms with Crippen molar-refractivity contribution >= 4 is 17.5 Å². The first-order valence-electron chi connectivity index (χ1n) is 6.60. The molecule has 0 spiro atoms. The molecular formula is C14H18FN3O2. The van der Waals surface area contributed by atoms with Crippen molar-refractivity contribution in [3.63, 3.8) is 0 Å². The maximum atomic E-state index is 13.7. The Kier molecular flexibility index (Phi) is 4.22. The Labute approximate surface area is 116 Å². The molecule has 1 fully saturated rings. The number of nitrogen functional groups attached to an aromatic ring is 1. The minimum absolute atomic E-state index is 0.00153. The van der Waals surface area contributed by atoms with Crippen molar-refractivity contribution in [2.24, 2.45) is 11.7 Å². The van der Waals surface area contributed by atoms with Crippen LogP contribution >= 0.6 is 0 Å². The van der Waals surface area contributed by atoms with Gasteiger partial charge in [-0.05, 0) is 37.0 Å². The highest BCUT2D eigenvalue weighted by atomic mass is 19.1. The normalized spacial score (nSPS) is 16.1. The van der Waals surface area contributed by atoms with E-state index in [0.29, 0.717) is 38.0 Å². The summed E-state index contributed by atoms with van der Waals surface area (Å²) in [5.41, 5.74) is 11.1. The first kappa shape index (κ1) is 14.3. The summed E-state index contributed by atoms with van der Waals surface area (Å²) in [6.45, 7) is 1.01. The van der Waals surface area contributed by atoms with E-state index in [4.69, 9.17) is 11.5 Å². The molecule has 0 bridgehead atoms. The van der Waals surface area contributed by atoms with E-state index in [-0.39, 0.29) is 23.3 Å². The Bertz CT molecular complexity index is 525. The molecule has 2 rings (SSSR count). The van der Waals surface area contributed by atoms with Crippen molar-refractivity contribution < 1.29 is 14.0 Å². The lowest BCUT2D eigenvalue weighted by atomic mass is 9.93. The summed E-state index contributed by atoms with van der Waals surface area (Å²) in [7, 11) is 0. The summed E-state index contributed by atoms with van der Waals surface area (Å²) in [6, 6.07) is 3.97. The lowest BCUT2D eigenvalue weighted by molar-refractivity contribution is -0.119. The number of rotatable bonds is 3. The number of anilines is 1. The number of nitrogens with zero attached hydrogens (tertiary/aromatic N) is 1. The lowest BCUT2D eigenvalue weighted by Gasteiger charge is -2.31. The first-order valence-corrected chi connectivity index (χ1v) is 6.60. The van der Waals surface area contributed by atoms with Gasteiger partial charge in [0.05, 0.1) is 5.56 Å². The minimum atomic E-state index is -0.566. The molecule has 0 atom stereocenters. The Morgan fingerprint density at radius 1 is 1.30 bits per heavy atom. The zero-order valence-electron chi connectivity index (χ0n) is 11.1. The van der Waals surface area contributed by atoms with E-state index < -0.39 is 5.82 Å². The summed E-state index contributed by atoms with van der Waals surface area (Å²) >= 11 is 0. The maximum absolute atomic E-state index is 13.7. The number of carbonyl (C=O) groups excluding carboxylic acids is 2. The molecule has 0 aromatic heterocycles. The highest BCUT2D eigenvalue weighted by Crippen LogP contribution is 2.23. The Morgan fingerprint density at radius 2 is 1.95 bits per heavy atom. The number of hydrogen-bond donors (Lipinski definition) is 2. The van der Waals surface area contributed by atoms with Gasteiger partial charge < -0.3 is 16.4 Å². The smallest absolute Gasteiger partial charge is 0.256 e. The Morgan fingerprint density at radius 3 is 2.55 bits per heavy atom. The number of carbonyl (C=O) groups is 2. The van der Waals surface area contributed by atoms with E-state index in [1.54, 1.807) is 4.90 Å². The zero-order chi connectivity index (χ0) is 14.7. The van der Waals surface area contributed by atoms with Crippen molar-refractivity contribution in [2.45, 2.75) is 19.3 Å². The molecule has 1 aliphatic rings. The molecule has 6 heteroatoms. The molecule has 5 nitrogen and oxygen atoms in total. The molecule has 0 radical (unpaired) electrons. The molecule has 4 N–H and O–H groups in total. The quantitative estimate of drug-likeness (QED) is 0.813. The number of hydrogen-bond acceptors (Lipinski definition) is 3. The van der Waals surface area contributed by atoms with Crippen LogP contribution in [0.15, 0.2) is 18.2 Å². The number of primary amides is 1. The van der Waals surface area contributed by atoms with Gasteiger partial charge in [-0.3, -0.25) is 9.59 Å². The van der Waals surface area contributed by atoms with Crippen LogP contribution < -0.4 is 11.5 Å². The minimum Gasteiger partial charge on any atom is -0.399 e. The molecule has 1 heterocycles. The van der Waals surface area contributed by atoms with Gasteiger partial charge in [0.2, 0.25) is 5.91 Å². The molecule has 0 unspecified atom stereocenters. The predicted molar refractivity (Wildman–Crippen MR) is 73.3 cm³/mol. The van der Waals surface area contributed by atoms with Gasteiger partial charge in [-0.25, -0.2) is 4.39 Å². The van der Waals surface area contributed by atoms with E-state index >= 15 is 0 Å². The first-order chi connectivity index (χ1) is 9.47. The van der Waals surface area contributed by atoms with Crippen LogP contribution in [-0.4, -0.2) is 29.8 Å². The van der Waals surface area contributed by atoms with Gasteiger partial charge in [-0.1, -0.05) is 0 Å². The van der Waals surface area contributed by atoms with Crippen molar-refractivity contribution in [2.75, 3.05) is 18.8 Å². The predicted octanol–water partition coefficient (Wildman–Crippen LogP) is 1.14. The molecule has 2 amide bonds. The highest BCUT2D eigenvalue weighted by Gasteiger charge is 2.26. The summed E-state index contributed by atoms with van der Waals surface area (Å²) in [5.74, 6) is -1.03. The van der Waals surface area contributed by atoms with Crippen LogP contribution in [-0.2, 0) is 4.79 Å². The van der Waals surface area contributed by atoms with Crippen LogP contribution in [0.25, 0.3) is 0 Å². The number of piperidine rings is 1. The van der Waals surface area contributed by atoms with Crippen molar-refractivity contribution in [1.29, 1.82) is 0 Å². The maximum Gasteiger partial charge on any atom is 0.256 e. The summed E-state index contributed by atoms with van der Waals surface area (Å²) in [4.78, 5) is 24.7. The van der Waals surface area contributed by atoms with Gasteiger partial charge in [-0.15, -0.1) is 0 Å². The number of benzene rings is 1. The number of likely N-dealkylation sites (tertiary alicyclic amines) is 1. The van der Waals surface area contributed by atoms with E-state index in [0.717, 1.165) is 0 Å². The van der Waals surface area contributed by atoms with Crippen molar-refractivity contribution in [3.8, 4) is 0 Å². The third-order valence-corrected chi connectivity index (χ3v) is 3.61. The number of amides is 2. The average Bonchev–Trinajstić information content (AvgIpc) is 2.41. The van der Waals surface area contributed by atoms with E-state index in [2.05, 4.69) is 0 Å². The van der Waals surface area contributed by atoms with E-state index in [1.807, 2.05) is 0 Å². The van der Waals surface area contributed by atoms with E-state index in [1.165, 1.54) is 18.2 Å². The van der Waals surface area contributed by atoms with Crippen LogP contribution in [0.3, 0.4) is 0 Å². The third kappa shape index (κ3) is 3.26. The standard InChI is InChI=1S/C14H18FN3O2/c15-12-2-1-10(16)8-11(12)14(20)18-5-3-9(4-6-18)7-13(17)19/h1-2,8-9H,3-7,16H2,(H2,17,19). The molecule has 1 aliphatic heterocycles. The van der Waals surface area contributed by atoms with Crippen molar-refractivity contribution in [3.05, 3.63) is 29.6 Å². The van der Waals surface area contributed by atoms with Gasteiger partial charge >= 0.3 is 0 Å². The molecular weight excluding hydrogens is 261 g/mol. The molecule has 108 valence electrons. The van der Waals surface area contributed by atoms with Crippen molar-refractivity contribution in [1.82, 2.24) is 4.90 Å². The summed E-state index contributed by atoms with van der Waals surface area (Å²) in [6.07, 6.45) is 1.76. The SMILES string of the molecule is NC(=O)CC1CCN(C(=O)c2cc(N)ccc2F)CC1. The fraction of sp³-hybridized carbons (Fsp3) is 0.429. The van der Waals surface area contributed by atoms with Crippen LogP contribution in [0.4, 0.5) is 10.1 Å².